The van der Waals surface area contributed by atoms with Crippen LogP contribution in [0.3, 0.4) is 0 Å². The van der Waals surface area contributed by atoms with Gasteiger partial charge in [-0.1, -0.05) is 42.1 Å². The Balaban J connectivity index is 1.91. The molecule has 27 heavy (non-hydrogen) atoms. The molecule has 0 saturated carbocycles. The van der Waals surface area contributed by atoms with E-state index >= 15 is 0 Å². The minimum atomic E-state index is -0.630. The lowest BCUT2D eigenvalue weighted by atomic mass is 10.1. The molecular weight excluding hydrogens is 360 g/mol. The fraction of sp³-hybridized carbons (Fsp3) is 0.333. The van der Waals surface area contributed by atoms with Crippen molar-refractivity contribution in [3.05, 3.63) is 54.1 Å². The van der Waals surface area contributed by atoms with Crippen LogP contribution in [0.15, 0.2) is 53.7 Å². The van der Waals surface area contributed by atoms with Crippen LogP contribution in [0.4, 0.5) is 0 Å². The summed E-state index contributed by atoms with van der Waals surface area (Å²) in [7, 11) is 1.68. The molecule has 0 radical (unpaired) electrons. The molecule has 142 valence electrons. The first-order valence-electron chi connectivity index (χ1n) is 8.79. The molecule has 3 aromatic rings. The molecule has 1 heterocycles. The van der Waals surface area contributed by atoms with E-state index in [1.807, 2.05) is 56.3 Å². The number of para-hydroxylation sites is 3. The third-order valence-corrected chi connectivity index (χ3v) is 5.15. The average Bonchev–Trinajstić information content (AvgIpc) is 2.96. The number of carbonyl (C=O) groups is 1. The van der Waals surface area contributed by atoms with Gasteiger partial charge in [-0.2, -0.15) is 0 Å². The SMILES string of the molecule is COc1ccccc1CSc1nc2ccccc2n1CC(C)(C)OC(C)=O. The summed E-state index contributed by atoms with van der Waals surface area (Å²) in [5.74, 6) is 1.32. The van der Waals surface area contributed by atoms with Crippen molar-refractivity contribution in [2.24, 2.45) is 0 Å². The molecule has 0 aliphatic heterocycles. The summed E-state index contributed by atoms with van der Waals surface area (Å²) in [6, 6.07) is 16.0. The van der Waals surface area contributed by atoms with Gasteiger partial charge in [-0.3, -0.25) is 4.79 Å². The summed E-state index contributed by atoms with van der Waals surface area (Å²) < 4.78 is 13.1. The van der Waals surface area contributed by atoms with Gasteiger partial charge in [0, 0.05) is 18.2 Å². The average molecular weight is 385 g/mol. The second kappa shape index (κ2) is 8.05. The van der Waals surface area contributed by atoms with Crippen LogP contribution in [0, 0.1) is 0 Å². The van der Waals surface area contributed by atoms with E-state index < -0.39 is 5.60 Å². The number of nitrogens with zero attached hydrogens (tertiary/aromatic N) is 2. The van der Waals surface area contributed by atoms with Crippen molar-refractivity contribution in [2.45, 2.75) is 43.8 Å². The van der Waals surface area contributed by atoms with E-state index in [2.05, 4.69) is 10.6 Å². The Morgan fingerprint density at radius 3 is 2.59 bits per heavy atom. The molecule has 5 nitrogen and oxygen atoms in total. The fourth-order valence-electron chi connectivity index (χ4n) is 3.08. The van der Waals surface area contributed by atoms with Crippen LogP contribution < -0.4 is 4.74 Å². The molecule has 0 N–H and O–H groups in total. The van der Waals surface area contributed by atoms with Crippen LogP contribution in [0.5, 0.6) is 5.75 Å². The molecule has 6 heteroatoms. The first-order valence-corrected chi connectivity index (χ1v) is 9.78. The van der Waals surface area contributed by atoms with Crippen molar-refractivity contribution in [1.82, 2.24) is 9.55 Å². The third-order valence-electron chi connectivity index (χ3n) is 4.13. The maximum Gasteiger partial charge on any atom is 0.303 e. The van der Waals surface area contributed by atoms with Crippen LogP contribution in [0.2, 0.25) is 0 Å². The molecule has 3 rings (SSSR count). The largest absolute Gasteiger partial charge is 0.496 e. The number of ether oxygens (including phenoxy) is 2. The second-order valence-corrected chi connectivity index (χ2v) is 7.87. The molecule has 2 aromatic carbocycles. The van der Waals surface area contributed by atoms with Crippen molar-refractivity contribution >= 4 is 28.8 Å². The molecule has 0 spiro atoms. The lowest BCUT2D eigenvalue weighted by Crippen LogP contribution is -2.32. The summed E-state index contributed by atoms with van der Waals surface area (Å²) in [6.07, 6.45) is 0. The van der Waals surface area contributed by atoms with Crippen molar-refractivity contribution in [3.63, 3.8) is 0 Å². The highest BCUT2D eigenvalue weighted by Crippen LogP contribution is 2.31. The maximum absolute atomic E-state index is 11.5. The zero-order valence-electron chi connectivity index (χ0n) is 16.1. The van der Waals surface area contributed by atoms with E-state index in [0.29, 0.717) is 6.54 Å². The van der Waals surface area contributed by atoms with Crippen LogP contribution >= 0.6 is 11.8 Å². The Kier molecular flexibility index (Phi) is 5.75. The Labute approximate surface area is 163 Å². The van der Waals surface area contributed by atoms with E-state index in [0.717, 1.165) is 33.3 Å². The molecule has 1 aromatic heterocycles. The number of hydrogen-bond donors (Lipinski definition) is 0. The van der Waals surface area contributed by atoms with Crippen molar-refractivity contribution in [3.8, 4) is 5.75 Å². The molecule has 0 aliphatic carbocycles. The van der Waals surface area contributed by atoms with Crippen LogP contribution in [-0.2, 0) is 21.8 Å². The van der Waals surface area contributed by atoms with Gasteiger partial charge in [0.15, 0.2) is 5.16 Å². The monoisotopic (exact) mass is 384 g/mol. The Bertz CT molecular complexity index is 950. The number of aromatic nitrogens is 2. The van der Waals surface area contributed by atoms with E-state index in [1.165, 1.54) is 6.92 Å². The molecule has 0 fully saturated rings. The quantitative estimate of drug-likeness (QED) is 0.437. The third kappa shape index (κ3) is 4.63. The summed E-state index contributed by atoms with van der Waals surface area (Å²) in [5.41, 5.74) is 2.44. The Morgan fingerprint density at radius 2 is 1.85 bits per heavy atom. The molecule has 0 unspecified atom stereocenters. The minimum absolute atomic E-state index is 0.285. The number of rotatable bonds is 7. The number of carbonyl (C=O) groups excluding carboxylic acids is 1. The molecule has 0 amide bonds. The van der Waals surface area contributed by atoms with Gasteiger partial charge in [-0.05, 0) is 32.0 Å². The normalized spacial score (nSPS) is 11.6. The topological polar surface area (TPSA) is 53.4 Å². The summed E-state index contributed by atoms with van der Waals surface area (Å²) in [6.45, 7) is 5.79. The standard InChI is InChI=1S/C21H24N2O3S/c1-15(24)26-21(2,3)14-23-18-11-7-6-10-17(18)22-20(23)27-13-16-9-5-8-12-19(16)25-4/h5-12H,13-14H2,1-4H3. The number of methoxy groups -OCH3 is 1. The number of fused-ring (bicyclic) bond motifs is 1. The highest BCUT2D eigenvalue weighted by molar-refractivity contribution is 7.98. The zero-order chi connectivity index (χ0) is 19.4. The molecule has 0 saturated heterocycles. The molecular formula is C21H24N2O3S. The molecule has 0 aliphatic rings. The van der Waals surface area contributed by atoms with E-state index in [1.54, 1.807) is 18.9 Å². The van der Waals surface area contributed by atoms with Crippen molar-refractivity contribution < 1.29 is 14.3 Å². The lowest BCUT2D eigenvalue weighted by Gasteiger charge is -2.26. The Hall–Kier alpha value is -2.47. The number of esters is 1. The second-order valence-electron chi connectivity index (χ2n) is 6.92. The van der Waals surface area contributed by atoms with Crippen molar-refractivity contribution in [2.75, 3.05) is 7.11 Å². The van der Waals surface area contributed by atoms with E-state index in [4.69, 9.17) is 14.5 Å². The van der Waals surface area contributed by atoms with Gasteiger partial charge in [0.1, 0.15) is 11.4 Å². The van der Waals surface area contributed by atoms with Crippen LogP contribution in [-0.4, -0.2) is 28.2 Å². The number of benzene rings is 2. The van der Waals surface area contributed by atoms with Gasteiger partial charge >= 0.3 is 5.97 Å². The minimum Gasteiger partial charge on any atom is -0.496 e. The predicted octanol–water partition coefficient (Wildman–Crippen LogP) is 4.68. The number of thioether (sulfide) groups is 1. The van der Waals surface area contributed by atoms with Gasteiger partial charge in [-0.15, -0.1) is 0 Å². The summed E-state index contributed by atoms with van der Waals surface area (Å²) >= 11 is 1.65. The summed E-state index contributed by atoms with van der Waals surface area (Å²) in [5, 5.41) is 0.891. The highest BCUT2D eigenvalue weighted by atomic mass is 32.2. The zero-order valence-corrected chi connectivity index (χ0v) is 16.9. The van der Waals surface area contributed by atoms with Crippen LogP contribution in [0.1, 0.15) is 26.3 Å². The highest BCUT2D eigenvalue weighted by Gasteiger charge is 2.25. The van der Waals surface area contributed by atoms with Gasteiger partial charge < -0.3 is 14.0 Å². The van der Waals surface area contributed by atoms with Gasteiger partial charge in [0.2, 0.25) is 0 Å². The van der Waals surface area contributed by atoms with Crippen LogP contribution in [0.25, 0.3) is 11.0 Å². The van der Waals surface area contributed by atoms with Crippen molar-refractivity contribution in [1.29, 1.82) is 0 Å². The number of imidazole rings is 1. The van der Waals surface area contributed by atoms with E-state index in [9.17, 15) is 4.79 Å². The molecule has 0 atom stereocenters. The maximum atomic E-state index is 11.5. The Morgan fingerprint density at radius 1 is 1.15 bits per heavy atom. The van der Waals surface area contributed by atoms with Gasteiger partial charge in [0.25, 0.3) is 0 Å². The van der Waals surface area contributed by atoms with Gasteiger partial charge in [0.05, 0.1) is 24.7 Å². The predicted molar refractivity (Wildman–Crippen MR) is 108 cm³/mol. The lowest BCUT2D eigenvalue weighted by molar-refractivity contribution is -0.154. The summed E-state index contributed by atoms with van der Waals surface area (Å²) in [4.78, 5) is 16.2. The first-order chi connectivity index (χ1) is 12.9. The smallest absolute Gasteiger partial charge is 0.303 e. The van der Waals surface area contributed by atoms with E-state index in [-0.39, 0.29) is 5.97 Å². The number of hydrogen-bond acceptors (Lipinski definition) is 5. The molecule has 0 bridgehead atoms. The van der Waals surface area contributed by atoms with Gasteiger partial charge in [-0.25, -0.2) is 4.98 Å². The fourth-order valence-corrected chi connectivity index (χ4v) is 4.09. The first kappa shape index (κ1) is 19.3.